The van der Waals surface area contributed by atoms with Crippen LogP contribution in [-0.4, -0.2) is 16.5 Å². The third-order valence-corrected chi connectivity index (χ3v) is 4.78. The van der Waals surface area contributed by atoms with E-state index in [4.69, 9.17) is 0 Å². The van der Waals surface area contributed by atoms with Gasteiger partial charge in [-0.05, 0) is 24.9 Å². The molecule has 0 bridgehead atoms. The Balaban J connectivity index is 1.94. The summed E-state index contributed by atoms with van der Waals surface area (Å²) in [7, 11) is 0. The van der Waals surface area contributed by atoms with Crippen LogP contribution in [0.15, 0.2) is 36.5 Å². The van der Waals surface area contributed by atoms with Gasteiger partial charge in [-0.15, -0.1) is 0 Å². The summed E-state index contributed by atoms with van der Waals surface area (Å²) in [6.07, 6.45) is 13.5. The maximum Gasteiger partial charge on any atom is 0.123 e. The number of nitrogens with zero attached hydrogens (tertiary/aromatic N) is 1. The highest BCUT2D eigenvalue weighted by molar-refractivity contribution is 5.58. The van der Waals surface area contributed by atoms with Gasteiger partial charge in [-0.3, -0.25) is 0 Å². The Hall–Kier alpha value is -1.61. The molecule has 0 aliphatic carbocycles. The first-order valence-electron chi connectivity index (χ1n) is 10.2. The number of imidazole rings is 1. The number of H-pyrrole nitrogens is 1. The van der Waals surface area contributed by atoms with E-state index in [0.29, 0.717) is 6.04 Å². The number of aromatic amines is 1. The molecule has 0 fully saturated rings. The van der Waals surface area contributed by atoms with Gasteiger partial charge in [0.1, 0.15) is 5.82 Å². The Morgan fingerprint density at radius 2 is 1.64 bits per heavy atom. The van der Waals surface area contributed by atoms with Gasteiger partial charge in [0, 0.05) is 0 Å². The molecule has 0 saturated heterocycles. The van der Waals surface area contributed by atoms with Crippen LogP contribution in [0.3, 0.4) is 0 Å². The van der Waals surface area contributed by atoms with Gasteiger partial charge in [-0.2, -0.15) is 0 Å². The number of benzene rings is 1. The SMILES string of the molecule is CCCCCCN[C@H](CCCCCC)c1ncc(-c2ccccc2)[nH]1. The summed E-state index contributed by atoms with van der Waals surface area (Å²) in [4.78, 5) is 8.24. The van der Waals surface area contributed by atoms with E-state index in [9.17, 15) is 0 Å². The van der Waals surface area contributed by atoms with Gasteiger partial charge < -0.3 is 10.3 Å². The van der Waals surface area contributed by atoms with Crippen LogP contribution in [0.25, 0.3) is 11.3 Å². The van der Waals surface area contributed by atoms with Crippen LogP contribution < -0.4 is 5.32 Å². The van der Waals surface area contributed by atoms with E-state index in [1.807, 2.05) is 6.20 Å². The lowest BCUT2D eigenvalue weighted by Gasteiger charge is -2.17. The predicted molar refractivity (Wildman–Crippen MR) is 108 cm³/mol. The molecule has 1 aromatic heterocycles. The molecule has 1 heterocycles. The number of unbranched alkanes of at least 4 members (excludes halogenated alkanes) is 6. The molecule has 0 saturated carbocycles. The van der Waals surface area contributed by atoms with Crippen molar-refractivity contribution in [1.29, 1.82) is 0 Å². The lowest BCUT2D eigenvalue weighted by Crippen LogP contribution is -2.23. The van der Waals surface area contributed by atoms with E-state index < -0.39 is 0 Å². The summed E-state index contributed by atoms with van der Waals surface area (Å²) in [6.45, 7) is 5.61. The molecule has 3 heteroatoms. The fourth-order valence-electron chi connectivity index (χ4n) is 3.22. The van der Waals surface area contributed by atoms with Crippen molar-refractivity contribution in [3.05, 3.63) is 42.4 Å². The fraction of sp³-hybridized carbons (Fsp3) is 0.591. The summed E-state index contributed by atoms with van der Waals surface area (Å²) in [5, 5.41) is 3.74. The van der Waals surface area contributed by atoms with Crippen LogP contribution in [-0.2, 0) is 0 Å². The summed E-state index contributed by atoms with van der Waals surface area (Å²) in [5.41, 5.74) is 2.32. The zero-order valence-electron chi connectivity index (χ0n) is 16.1. The summed E-state index contributed by atoms with van der Waals surface area (Å²) in [6, 6.07) is 10.8. The van der Waals surface area contributed by atoms with Gasteiger partial charge in [0.2, 0.25) is 0 Å². The molecule has 1 aromatic carbocycles. The average molecular weight is 342 g/mol. The average Bonchev–Trinajstić information content (AvgIpc) is 3.14. The summed E-state index contributed by atoms with van der Waals surface area (Å²) >= 11 is 0. The lowest BCUT2D eigenvalue weighted by atomic mass is 10.1. The monoisotopic (exact) mass is 341 g/mol. The molecule has 2 N–H and O–H groups in total. The predicted octanol–water partition coefficient (Wildman–Crippen LogP) is 6.26. The zero-order chi connectivity index (χ0) is 17.7. The Morgan fingerprint density at radius 3 is 2.36 bits per heavy atom. The molecule has 0 amide bonds. The van der Waals surface area contributed by atoms with Crippen molar-refractivity contribution in [2.24, 2.45) is 0 Å². The maximum atomic E-state index is 4.69. The number of aromatic nitrogens is 2. The molecule has 0 aliphatic heterocycles. The smallest absolute Gasteiger partial charge is 0.123 e. The van der Waals surface area contributed by atoms with E-state index in [2.05, 4.69) is 59.5 Å². The molecule has 3 nitrogen and oxygen atoms in total. The molecule has 2 rings (SSSR count). The highest BCUT2D eigenvalue weighted by Gasteiger charge is 2.14. The first-order valence-corrected chi connectivity index (χ1v) is 10.2. The number of hydrogen-bond donors (Lipinski definition) is 2. The number of hydrogen-bond acceptors (Lipinski definition) is 2. The molecule has 0 aliphatic rings. The normalized spacial score (nSPS) is 12.4. The Morgan fingerprint density at radius 1 is 0.920 bits per heavy atom. The van der Waals surface area contributed by atoms with Gasteiger partial charge in [-0.1, -0.05) is 89.1 Å². The molecule has 0 spiro atoms. The Kier molecular flexibility index (Phi) is 9.35. The van der Waals surface area contributed by atoms with Gasteiger partial charge in [0.15, 0.2) is 0 Å². The first kappa shape index (κ1) is 19.7. The van der Waals surface area contributed by atoms with Gasteiger partial charge in [-0.25, -0.2) is 4.98 Å². The molecular formula is C22H35N3. The van der Waals surface area contributed by atoms with E-state index in [-0.39, 0.29) is 0 Å². The minimum atomic E-state index is 0.343. The van der Waals surface area contributed by atoms with E-state index in [1.54, 1.807) is 0 Å². The van der Waals surface area contributed by atoms with E-state index in [1.165, 1.54) is 56.9 Å². The van der Waals surface area contributed by atoms with Crippen molar-refractivity contribution in [2.75, 3.05) is 6.54 Å². The van der Waals surface area contributed by atoms with Crippen molar-refractivity contribution < 1.29 is 0 Å². The van der Waals surface area contributed by atoms with E-state index >= 15 is 0 Å². The molecule has 1 atom stereocenters. The topological polar surface area (TPSA) is 40.7 Å². The second-order valence-corrected chi connectivity index (χ2v) is 6.96. The first-order chi connectivity index (χ1) is 12.3. The lowest BCUT2D eigenvalue weighted by molar-refractivity contribution is 0.445. The molecule has 138 valence electrons. The van der Waals surface area contributed by atoms with Gasteiger partial charge in [0.25, 0.3) is 0 Å². The minimum Gasteiger partial charge on any atom is -0.341 e. The van der Waals surface area contributed by atoms with Crippen molar-refractivity contribution >= 4 is 0 Å². The fourth-order valence-corrected chi connectivity index (χ4v) is 3.22. The van der Waals surface area contributed by atoms with Crippen molar-refractivity contribution in [3.8, 4) is 11.3 Å². The quantitative estimate of drug-likeness (QED) is 0.422. The zero-order valence-corrected chi connectivity index (χ0v) is 16.1. The minimum absolute atomic E-state index is 0.343. The molecule has 0 radical (unpaired) electrons. The highest BCUT2D eigenvalue weighted by atomic mass is 15.0. The molecule has 2 aromatic rings. The molecule has 25 heavy (non-hydrogen) atoms. The van der Waals surface area contributed by atoms with Crippen molar-refractivity contribution in [1.82, 2.24) is 15.3 Å². The molecular weight excluding hydrogens is 306 g/mol. The van der Waals surface area contributed by atoms with Crippen LogP contribution in [0.2, 0.25) is 0 Å². The standard InChI is InChI=1S/C22H35N3/c1-3-5-7-12-16-20(23-17-13-8-6-4-2)22-24-18-21(25-22)19-14-10-9-11-15-19/h9-11,14-15,18,20,23H,3-8,12-13,16-17H2,1-2H3,(H,24,25)/t20-/m1/s1. The van der Waals surface area contributed by atoms with Gasteiger partial charge >= 0.3 is 0 Å². The summed E-state index contributed by atoms with van der Waals surface area (Å²) < 4.78 is 0. The van der Waals surface area contributed by atoms with Crippen LogP contribution in [0.4, 0.5) is 0 Å². The van der Waals surface area contributed by atoms with Crippen molar-refractivity contribution in [3.63, 3.8) is 0 Å². The Bertz CT molecular complexity index is 562. The van der Waals surface area contributed by atoms with Crippen LogP contribution in [0, 0.1) is 0 Å². The second kappa shape index (κ2) is 11.9. The third-order valence-electron chi connectivity index (χ3n) is 4.78. The molecule has 0 unspecified atom stereocenters. The largest absolute Gasteiger partial charge is 0.341 e. The number of nitrogens with one attached hydrogen (secondary N) is 2. The Labute approximate surface area is 153 Å². The van der Waals surface area contributed by atoms with Crippen molar-refractivity contribution in [2.45, 2.75) is 77.7 Å². The van der Waals surface area contributed by atoms with Crippen LogP contribution in [0.1, 0.15) is 83.5 Å². The number of rotatable bonds is 13. The third kappa shape index (κ3) is 7.03. The van der Waals surface area contributed by atoms with Gasteiger partial charge in [0.05, 0.1) is 17.9 Å². The van der Waals surface area contributed by atoms with E-state index in [0.717, 1.165) is 24.5 Å². The second-order valence-electron chi connectivity index (χ2n) is 6.96. The highest BCUT2D eigenvalue weighted by Crippen LogP contribution is 2.22. The van der Waals surface area contributed by atoms with Crippen LogP contribution >= 0.6 is 0 Å². The summed E-state index contributed by atoms with van der Waals surface area (Å²) in [5.74, 6) is 1.09. The maximum absolute atomic E-state index is 4.69. The van der Waals surface area contributed by atoms with Crippen LogP contribution in [0.5, 0.6) is 0 Å².